The number of Topliss-reactive ketones (excluding diaryl/α,β-unsaturated/α-hetero) is 1. The molecule has 1 amide bonds. The van der Waals surface area contributed by atoms with Crippen molar-refractivity contribution in [2.75, 3.05) is 46.0 Å². The minimum Gasteiger partial charge on any atom is -0.507 e. The molecule has 2 saturated heterocycles. The molecule has 0 aromatic heterocycles. The molecular formula is C31H40N2O5. The van der Waals surface area contributed by atoms with Crippen molar-refractivity contribution in [2.24, 2.45) is 0 Å². The zero-order chi connectivity index (χ0) is 27.4. The molecule has 2 aromatic carbocycles. The van der Waals surface area contributed by atoms with Gasteiger partial charge in [-0.3, -0.25) is 14.5 Å². The number of ether oxygens (including phenoxy) is 2. The van der Waals surface area contributed by atoms with Crippen LogP contribution in [0.3, 0.4) is 0 Å². The number of aryl methyl sites for hydroxylation is 1. The number of benzene rings is 2. The van der Waals surface area contributed by atoms with E-state index in [9.17, 15) is 14.7 Å². The van der Waals surface area contributed by atoms with Gasteiger partial charge >= 0.3 is 0 Å². The summed E-state index contributed by atoms with van der Waals surface area (Å²) in [5.74, 6) is -0.669. The van der Waals surface area contributed by atoms with E-state index in [1.165, 1.54) is 0 Å². The van der Waals surface area contributed by atoms with Crippen LogP contribution in [0.4, 0.5) is 0 Å². The van der Waals surface area contributed by atoms with Gasteiger partial charge in [0.2, 0.25) is 0 Å². The second-order valence-corrected chi connectivity index (χ2v) is 11.1. The summed E-state index contributed by atoms with van der Waals surface area (Å²) >= 11 is 0. The van der Waals surface area contributed by atoms with Crippen molar-refractivity contribution in [3.8, 4) is 5.75 Å². The van der Waals surface area contributed by atoms with Gasteiger partial charge in [0, 0.05) is 31.7 Å². The Kier molecular flexibility index (Phi) is 8.58. The summed E-state index contributed by atoms with van der Waals surface area (Å²) in [6, 6.07) is 12.8. The lowest BCUT2D eigenvalue weighted by Crippen LogP contribution is -2.39. The topological polar surface area (TPSA) is 79.3 Å². The van der Waals surface area contributed by atoms with Gasteiger partial charge in [0.05, 0.1) is 31.4 Å². The van der Waals surface area contributed by atoms with Crippen molar-refractivity contribution in [1.82, 2.24) is 9.80 Å². The molecule has 38 heavy (non-hydrogen) atoms. The Bertz CT molecular complexity index is 1190. The van der Waals surface area contributed by atoms with Crippen LogP contribution >= 0.6 is 0 Å². The molecule has 0 bridgehead atoms. The predicted octanol–water partition coefficient (Wildman–Crippen LogP) is 4.84. The summed E-state index contributed by atoms with van der Waals surface area (Å²) in [5, 5.41) is 11.5. The van der Waals surface area contributed by atoms with Crippen molar-refractivity contribution in [3.63, 3.8) is 0 Å². The van der Waals surface area contributed by atoms with E-state index in [4.69, 9.17) is 9.47 Å². The van der Waals surface area contributed by atoms with E-state index >= 15 is 0 Å². The van der Waals surface area contributed by atoms with Gasteiger partial charge in [-0.25, -0.2) is 0 Å². The average Bonchev–Trinajstić information content (AvgIpc) is 3.14. The first-order chi connectivity index (χ1) is 18.1. The van der Waals surface area contributed by atoms with E-state index in [-0.39, 0.29) is 16.7 Å². The van der Waals surface area contributed by atoms with E-state index in [0.29, 0.717) is 37.7 Å². The SMILES string of the molecule is CCOc1ccc(/C(O)=C2\C(=O)C(=O)N(CCCN3CCOCC3)C2c2ccc(C(C)(C)C)cc2)c(C)c1. The molecule has 2 heterocycles. The fourth-order valence-corrected chi connectivity index (χ4v) is 5.22. The number of carbonyl (C=O) groups excluding carboxylic acids is 2. The highest BCUT2D eigenvalue weighted by molar-refractivity contribution is 6.46. The molecule has 2 aliphatic rings. The molecule has 204 valence electrons. The second kappa shape index (κ2) is 11.7. The molecule has 0 saturated carbocycles. The highest BCUT2D eigenvalue weighted by atomic mass is 16.5. The number of aliphatic hydroxyl groups is 1. The van der Waals surface area contributed by atoms with Gasteiger partial charge in [-0.15, -0.1) is 0 Å². The van der Waals surface area contributed by atoms with E-state index in [2.05, 4.69) is 25.7 Å². The van der Waals surface area contributed by atoms with E-state index in [1.54, 1.807) is 17.0 Å². The van der Waals surface area contributed by atoms with E-state index in [0.717, 1.165) is 42.7 Å². The van der Waals surface area contributed by atoms with Crippen LogP contribution in [0, 0.1) is 6.92 Å². The minimum absolute atomic E-state index is 0.0298. The molecule has 2 fully saturated rings. The lowest BCUT2D eigenvalue weighted by atomic mass is 9.85. The monoisotopic (exact) mass is 520 g/mol. The molecule has 4 rings (SSSR count). The van der Waals surface area contributed by atoms with Crippen LogP contribution < -0.4 is 4.74 Å². The minimum atomic E-state index is -0.653. The van der Waals surface area contributed by atoms with Gasteiger partial charge in [0.25, 0.3) is 11.7 Å². The molecule has 7 heteroatoms. The highest BCUT2D eigenvalue weighted by Crippen LogP contribution is 2.40. The van der Waals surface area contributed by atoms with E-state index in [1.807, 2.05) is 44.2 Å². The number of amides is 1. The molecule has 2 aromatic rings. The Morgan fingerprint density at radius 2 is 1.74 bits per heavy atom. The Morgan fingerprint density at radius 3 is 2.34 bits per heavy atom. The summed E-state index contributed by atoms with van der Waals surface area (Å²) in [4.78, 5) is 30.7. The van der Waals surface area contributed by atoms with Crippen molar-refractivity contribution in [2.45, 2.75) is 52.5 Å². The van der Waals surface area contributed by atoms with E-state index < -0.39 is 17.7 Å². The first kappa shape index (κ1) is 27.9. The maximum absolute atomic E-state index is 13.4. The van der Waals surface area contributed by atoms with Crippen LogP contribution in [0.25, 0.3) is 5.76 Å². The fourth-order valence-electron chi connectivity index (χ4n) is 5.22. The summed E-state index contributed by atoms with van der Waals surface area (Å²) in [7, 11) is 0. The fraction of sp³-hybridized carbons (Fsp3) is 0.484. The third-order valence-electron chi connectivity index (χ3n) is 7.37. The summed E-state index contributed by atoms with van der Waals surface area (Å²) < 4.78 is 11.0. The Hall–Kier alpha value is -3.16. The number of hydrogen-bond acceptors (Lipinski definition) is 6. The van der Waals surface area contributed by atoms with Gasteiger partial charge < -0.3 is 19.5 Å². The zero-order valence-electron chi connectivity index (χ0n) is 23.3. The summed E-state index contributed by atoms with van der Waals surface area (Å²) in [6.07, 6.45) is 0.728. The molecule has 7 nitrogen and oxygen atoms in total. The molecule has 1 atom stereocenters. The molecule has 0 radical (unpaired) electrons. The van der Waals surface area contributed by atoms with Crippen LogP contribution in [0.15, 0.2) is 48.0 Å². The largest absolute Gasteiger partial charge is 0.507 e. The number of likely N-dealkylation sites (tertiary alicyclic amines) is 1. The van der Waals surface area contributed by atoms with Gasteiger partial charge in [-0.05, 0) is 60.6 Å². The van der Waals surface area contributed by atoms with Crippen LogP contribution in [-0.4, -0.2) is 72.6 Å². The van der Waals surface area contributed by atoms with Crippen LogP contribution in [-0.2, 0) is 19.7 Å². The van der Waals surface area contributed by atoms with Gasteiger partial charge in [-0.1, -0.05) is 45.0 Å². The van der Waals surface area contributed by atoms with Crippen LogP contribution in [0.1, 0.15) is 62.4 Å². The number of morpholine rings is 1. The van der Waals surface area contributed by atoms with Crippen LogP contribution in [0.5, 0.6) is 5.75 Å². The summed E-state index contributed by atoms with van der Waals surface area (Å²) in [6.45, 7) is 15.2. The molecular weight excluding hydrogens is 480 g/mol. The van der Waals surface area contributed by atoms with Crippen molar-refractivity contribution in [1.29, 1.82) is 0 Å². The Labute approximate surface area is 226 Å². The predicted molar refractivity (Wildman–Crippen MR) is 148 cm³/mol. The number of carbonyl (C=O) groups is 2. The zero-order valence-corrected chi connectivity index (χ0v) is 23.3. The van der Waals surface area contributed by atoms with Gasteiger partial charge in [-0.2, -0.15) is 0 Å². The lowest BCUT2D eigenvalue weighted by molar-refractivity contribution is -0.140. The molecule has 1 unspecified atom stereocenters. The Balaban J connectivity index is 1.71. The quantitative estimate of drug-likeness (QED) is 0.305. The smallest absolute Gasteiger partial charge is 0.295 e. The average molecular weight is 521 g/mol. The number of rotatable bonds is 8. The first-order valence-electron chi connectivity index (χ1n) is 13.5. The lowest BCUT2D eigenvalue weighted by Gasteiger charge is -2.29. The molecule has 2 aliphatic heterocycles. The maximum Gasteiger partial charge on any atom is 0.295 e. The normalized spacial score (nSPS) is 20.2. The Morgan fingerprint density at radius 1 is 1.05 bits per heavy atom. The van der Waals surface area contributed by atoms with Gasteiger partial charge in [0.15, 0.2) is 0 Å². The maximum atomic E-state index is 13.4. The molecule has 0 aliphatic carbocycles. The van der Waals surface area contributed by atoms with Crippen molar-refractivity contribution >= 4 is 17.4 Å². The third kappa shape index (κ3) is 5.94. The summed E-state index contributed by atoms with van der Waals surface area (Å²) in [5.41, 5.74) is 3.38. The first-order valence-corrected chi connectivity index (χ1v) is 13.5. The van der Waals surface area contributed by atoms with Crippen LogP contribution in [0.2, 0.25) is 0 Å². The number of nitrogens with zero attached hydrogens (tertiary/aromatic N) is 2. The third-order valence-corrected chi connectivity index (χ3v) is 7.37. The molecule has 1 N–H and O–H groups in total. The number of aliphatic hydroxyl groups excluding tert-OH is 1. The highest BCUT2D eigenvalue weighted by Gasteiger charge is 2.46. The standard InChI is InChI=1S/C31H40N2O5/c1-6-38-24-12-13-25(21(2)20-24)28(34)26-27(22-8-10-23(11-9-22)31(3,4)5)33(30(36)29(26)35)15-7-14-32-16-18-37-19-17-32/h8-13,20,27,34H,6-7,14-19H2,1-5H3/b28-26+. The van der Waals surface area contributed by atoms with Crippen molar-refractivity contribution in [3.05, 3.63) is 70.3 Å². The van der Waals surface area contributed by atoms with Gasteiger partial charge in [0.1, 0.15) is 11.5 Å². The van der Waals surface area contributed by atoms with Crippen molar-refractivity contribution < 1.29 is 24.2 Å². The molecule has 0 spiro atoms. The second-order valence-electron chi connectivity index (χ2n) is 11.1. The number of ketones is 1. The number of hydrogen-bond donors (Lipinski definition) is 1.